The first-order valence-electron chi connectivity index (χ1n) is 7.80. The smallest absolute Gasteiger partial charge is 0.183 e. The summed E-state index contributed by atoms with van der Waals surface area (Å²) in [5.41, 5.74) is 3.96. The molecule has 0 aliphatic heterocycles. The first kappa shape index (κ1) is 13.8. The van der Waals surface area contributed by atoms with Crippen molar-refractivity contribution in [2.24, 2.45) is 0 Å². The number of aromatic amines is 1. The molecule has 4 aromatic rings. The number of carbonyl (C=O) groups is 1. The van der Waals surface area contributed by atoms with Crippen molar-refractivity contribution in [2.75, 3.05) is 0 Å². The fraction of sp³-hybridized carbons (Fsp3) is 0.0952. The van der Waals surface area contributed by atoms with E-state index < -0.39 is 0 Å². The lowest BCUT2D eigenvalue weighted by Gasteiger charge is -2.08. The summed E-state index contributed by atoms with van der Waals surface area (Å²) in [6.45, 7) is 2.09. The van der Waals surface area contributed by atoms with Crippen LogP contribution in [0.15, 0.2) is 66.7 Å². The van der Waals surface area contributed by atoms with Gasteiger partial charge in [0.05, 0.1) is 5.69 Å². The predicted octanol–water partition coefficient (Wildman–Crippen LogP) is 5.05. The van der Waals surface area contributed by atoms with Crippen LogP contribution in [0.2, 0.25) is 0 Å². The Morgan fingerprint density at radius 3 is 2.48 bits per heavy atom. The standard InChI is InChI=1S/C21H17NO/c1-14-16(11-10-15-6-2-4-8-18(14)15)13-21(23)20-12-17-7-3-5-9-19(17)22-20/h2-12,22H,13H2,1H3. The topological polar surface area (TPSA) is 32.9 Å². The molecule has 0 amide bonds. The Labute approximate surface area is 134 Å². The summed E-state index contributed by atoms with van der Waals surface area (Å²) in [6.07, 6.45) is 0.420. The van der Waals surface area contributed by atoms with Crippen LogP contribution in [0.25, 0.3) is 21.7 Å². The van der Waals surface area contributed by atoms with Crippen molar-refractivity contribution in [2.45, 2.75) is 13.3 Å². The first-order valence-corrected chi connectivity index (χ1v) is 7.80. The fourth-order valence-corrected chi connectivity index (χ4v) is 3.16. The van der Waals surface area contributed by atoms with E-state index in [1.54, 1.807) is 0 Å². The van der Waals surface area contributed by atoms with E-state index in [1.165, 1.54) is 16.3 Å². The Hall–Kier alpha value is -2.87. The van der Waals surface area contributed by atoms with Gasteiger partial charge < -0.3 is 4.98 Å². The van der Waals surface area contributed by atoms with Gasteiger partial charge in [-0.05, 0) is 41.0 Å². The maximum Gasteiger partial charge on any atom is 0.183 e. The Kier molecular flexibility index (Phi) is 3.23. The van der Waals surface area contributed by atoms with Gasteiger partial charge in [0, 0.05) is 17.3 Å². The van der Waals surface area contributed by atoms with Crippen LogP contribution in [0.1, 0.15) is 21.6 Å². The highest BCUT2D eigenvalue weighted by molar-refractivity contribution is 6.01. The number of Topliss-reactive ketones (excluding diaryl/α,β-unsaturated/α-hetero) is 1. The van der Waals surface area contributed by atoms with E-state index in [-0.39, 0.29) is 5.78 Å². The maximum absolute atomic E-state index is 12.6. The molecule has 3 aromatic carbocycles. The third-order valence-electron chi connectivity index (χ3n) is 4.49. The van der Waals surface area contributed by atoms with Gasteiger partial charge in [-0.3, -0.25) is 4.79 Å². The molecule has 2 nitrogen and oxygen atoms in total. The van der Waals surface area contributed by atoms with E-state index in [0.29, 0.717) is 12.1 Å². The maximum atomic E-state index is 12.6. The molecule has 0 aliphatic rings. The molecule has 0 unspecified atom stereocenters. The molecule has 1 aromatic heterocycles. The lowest BCUT2D eigenvalue weighted by atomic mass is 9.96. The van der Waals surface area contributed by atoms with Gasteiger partial charge in [0.15, 0.2) is 5.78 Å². The van der Waals surface area contributed by atoms with Crippen LogP contribution in [-0.4, -0.2) is 10.8 Å². The van der Waals surface area contributed by atoms with E-state index in [9.17, 15) is 4.79 Å². The van der Waals surface area contributed by atoms with Gasteiger partial charge in [0.2, 0.25) is 0 Å². The second-order valence-electron chi connectivity index (χ2n) is 5.94. The van der Waals surface area contributed by atoms with Crippen molar-refractivity contribution < 1.29 is 4.79 Å². The van der Waals surface area contributed by atoms with Crippen LogP contribution in [0, 0.1) is 6.92 Å². The van der Waals surface area contributed by atoms with E-state index in [1.807, 2.05) is 42.5 Å². The normalized spacial score (nSPS) is 11.2. The highest BCUT2D eigenvalue weighted by atomic mass is 16.1. The van der Waals surface area contributed by atoms with Crippen molar-refractivity contribution >= 4 is 27.5 Å². The first-order chi connectivity index (χ1) is 11.2. The van der Waals surface area contributed by atoms with Crippen LogP contribution < -0.4 is 0 Å². The van der Waals surface area contributed by atoms with Crippen LogP contribution in [-0.2, 0) is 6.42 Å². The molecule has 1 N–H and O–H groups in total. The molecule has 4 rings (SSSR count). The van der Waals surface area contributed by atoms with E-state index >= 15 is 0 Å². The number of H-pyrrole nitrogens is 1. The molecular weight excluding hydrogens is 282 g/mol. The number of hydrogen-bond acceptors (Lipinski definition) is 1. The number of ketones is 1. The van der Waals surface area contributed by atoms with Gasteiger partial charge in [-0.1, -0.05) is 54.6 Å². The van der Waals surface area contributed by atoms with Gasteiger partial charge in [-0.25, -0.2) is 0 Å². The zero-order chi connectivity index (χ0) is 15.8. The molecule has 0 aliphatic carbocycles. The molecule has 0 fully saturated rings. The zero-order valence-corrected chi connectivity index (χ0v) is 13.0. The van der Waals surface area contributed by atoms with Crippen molar-refractivity contribution in [3.05, 3.63) is 83.6 Å². The number of benzene rings is 3. The molecule has 0 radical (unpaired) electrons. The lowest BCUT2D eigenvalue weighted by molar-refractivity contribution is 0.0989. The number of nitrogens with one attached hydrogen (secondary N) is 1. The van der Waals surface area contributed by atoms with Gasteiger partial charge in [0.25, 0.3) is 0 Å². The summed E-state index contributed by atoms with van der Waals surface area (Å²) in [6, 6.07) is 22.4. The summed E-state index contributed by atoms with van der Waals surface area (Å²) < 4.78 is 0. The fourth-order valence-electron chi connectivity index (χ4n) is 3.16. The number of hydrogen-bond donors (Lipinski definition) is 1. The van der Waals surface area contributed by atoms with Gasteiger partial charge in [-0.15, -0.1) is 0 Å². The average Bonchev–Trinajstić information content (AvgIpc) is 3.02. The highest BCUT2D eigenvalue weighted by Gasteiger charge is 2.12. The summed E-state index contributed by atoms with van der Waals surface area (Å²) in [7, 11) is 0. The molecule has 23 heavy (non-hydrogen) atoms. The van der Waals surface area contributed by atoms with Gasteiger partial charge in [0.1, 0.15) is 0 Å². The van der Waals surface area contributed by atoms with Crippen molar-refractivity contribution in [3.8, 4) is 0 Å². The average molecular weight is 299 g/mol. The second kappa shape index (κ2) is 5.40. The number of aryl methyl sites for hydroxylation is 1. The van der Waals surface area contributed by atoms with Crippen molar-refractivity contribution in [1.82, 2.24) is 4.98 Å². The Bertz CT molecular complexity index is 993. The predicted molar refractivity (Wildman–Crippen MR) is 95.0 cm³/mol. The van der Waals surface area contributed by atoms with Crippen LogP contribution in [0.4, 0.5) is 0 Å². The monoisotopic (exact) mass is 299 g/mol. The van der Waals surface area contributed by atoms with Crippen molar-refractivity contribution in [3.63, 3.8) is 0 Å². The molecule has 0 saturated heterocycles. The van der Waals surface area contributed by atoms with Crippen LogP contribution >= 0.6 is 0 Å². The third kappa shape index (κ3) is 2.42. The minimum Gasteiger partial charge on any atom is -0.352 e. The van der Waals surface area contributed by atoms with E-state index in [2.05, 4.69) is 36.2 Å². The van der Waals surface area contributed by atoms with Gasteiger partial charge in [-0.2, -0.15) is 0 Å². The van der Waals surface area contributed by atoms with E-state index in [4.69, 9.17) is 0 Å². The van der Waals surface area contributed by atoms with Gasteiger partial charge >= 0.3 is 0 Å². The number of aromatic nitrogens is 1. The van der Waals surface area contributed by atoms with Crippen LogP contribution in [0.5, 0.6) is 0 Å². The summed E-state index contributed by atoms with van der Waals surface area (Å²) >= 11 is 0. The molecule has 112 valence electrons. The Morgan fingerprint density at radius 2 is 1.65 bits per heavy atom. The third-order valence-corrected chi connectivity index (χ3v) is 4.49. The molecule has 0 bridgehead atoms. The number of carbonyl (C=O) groups excluding carboxylic acids is 1. The molecule has 0 saturated carbocycles. The molecular formula is C21H17NO. The van der Waals surface area contributed by atoms with Crippen molar-refractivity contribution in [1.29, 1.82) is 0 Å². The highest BCUT2D eigenvalue weighted by Crippen LogP contribution is 2.23. The van der Waals surface area contributed by atoms with Crippen LogP contribution in [0.3, 0.4) is 0 Å². The Balaban J connectivity index is 1.69. The second-order valence-corrected chi connectivity index (χ2v) is 5.94. The summed E-state index contributed by atoms with van der Waals surface area (Å²) in [5.74, 6) is 0.125. The number of rotatable bonds is 3. The quantitative estimate of drug-likeness (QED) is 0.527. The summed E-state index contributed by atoms with van der Waals surface area (Å²) in [5, 5.41) is 3.51. The minimum absolute atomic E-state index is 0.125. The van der Waals surface area contributed by atoms with E-state index in [0.717, 1.165) is 16.5 Å². The SMILES string of the molecule is Cc1c(CC(=O)c2cc3ccccc3[nH]2)ccc2ccccc12. The molecule has 1 heterocycles. The zero-order valence-electron chi connectivity index (χ0n) is 13.0. The number of para-hydroxylation sites is 1. The minimum atomic E-state index is 0.125. The Morgan fingerprint density at radius 1 is 0.913 bits per heavy atom. The molecule has 0 spiro atoms. The summed E-state index contributed by atoms with van der Waals surface area (Å²) in [4.78, 5) is 15.9. The lowest BCUT2D eigenvalue weighted by Crippen LogP contribution is -2.05. The largest absolute Gasteiger partial charge is 0.352 e. The molecule has 0 atom stereocenters. The number of fused-ring (bicyclic) bond motifs is 2. The molecule has 2 heteroatoms.